The van der Waals surface area contributed by atoms with Crippen molar-refractivity contribution in [3.05, 3.63) is 88.2 Å². The van der Waals surface area contributed by atoms with E-state index in [4.69, 9.17) is 17.3 Å². The van der Waals surface area contributed by atoms with Crippen molar-refractivity contribution in [2.45, 2.75) is 18.8 Å². The molecule has 0 saturated heterocycles. The van der Waals surface area contributed by atoms with E-state index in [-0.39, 0.29) is 40.3 Å². The molecule has 190 valence electrons. The van der Waals surface area contributed by atoms with Crippen LogP contribution in [0.1, 0.15) is 29.4 Å². The van der Waals surface area contributed by atoms with Gasteiger partial charge in [0.2, 0.25) is 5.91 Å². The molecule has 4 N–H and O–H groups in total. The van der Waals surface area contributed by atoms with Crippen molar-refractivity contribution >= 4 is 34.8 Å². The summed E-state index contributed by atoms with van der Waals surface area (Å²) >= 11 is 5.89. The summed E-state index contributed by atoms with van der Waals surface area (Å²) in [6, 6.07) is 4.53. The van der Waals surface area contributed by atoms with Gasteiger partial charge in [-0.1, -0.05) is 11.6 Å². The van der Waals surface area contributed by atoms with Gasteiger partial charge in [0.05, 0.1) is 17.0 Å². The molecular weight excluding hydrogens is 518 g/mol. The average Bonchev–Trinajstić information content (AvgIpc) is 3.43. The number of amides is 1. The summed E-state index contributed by atoms with van der Waals surface area (Å²) in [5.74, 6) is -1.83. The second-order valence-corrected chi connectivity index (χ2v) is 9.35. The van der Waals surface area contributed by atoms with E-state index in [1.807, 2.05) is 0 Å². The molecule has 5 aromatic rings. The number of anilines is 2. The lowest BCUT2D eigenvalue weighted by atomic mass is 9.80. The normalized spacial score (nSPS) is 16.6. The lowest BCUT2D eigenvalue weighted by Crippen LogP contribution is -2.33. The van der Waals surface area contributed by atoms with Gasteiger partial charge < -0.3 is 20.6 Å². The van der Waals surface area contributed by atoms with Crippen LogP contribution in [0.3, 0.4) is 0 Å². The monoisotopic (exact) mass is 534 g/mol. The molecule has 1 unspecified atom stereocenters. The molecule has 13 heteroatoms. The Morgan fingerprint density at radius 1 is 1.13 bits per heavy atom. The summed E-state index contributed by atoms with van der Waals surface area (Å²) in [4.78, 5) is 35.2. The quantitative estimate of drug-likeness (QED) is 0.317. The number of hydrogen-bond donors (Lipinski definition) is 3. The van der Waals surface area contributed by atoms with Crippen molar-refractivity contribution in [3.8, 4) is 17.3 Å². The Bertz CT molecular complexity index is 1770. The van der Waals surface area contributed by atoms with Crippen LogP contribution >= 0.6 is 11.6 Å². The summed E-state index contributed by atoms with van der Waals surface area (Å²) in [5.41, 5.74) is 7.03. The van der Waals surface area contributed by atoms with Crippen molar-refractivity contribution < 1.29 is 18.7 Å². The van der Waals surface area contributed by atoms with Gasteiger partial charge in [0.25, 0.3) is 0 Å². The Morgan fingerprint density at radius 2 is 1.89 bits per heavy atom. The van der Waals surface area contributed by atoms with Gasteiger partial charge in [-0.05, 0) is 24.6 Å². The topological polar surface area (TPSA) is 144 Å². The standard InChI is InChI=1S/C25H17ClF2N8O2/c1-25(18-8-17(37)14(26)9-31-18)19-20(29)33-21(34-22(19)35-24(25)38)16-10-36-3-2-30-23(36)15(32-16)6-11-4-12(27)7-13(28)5-11/h2-5,7-10H,6H2,1H3,(H,31,37)(H3,29,33,34,35,38). The maximum atomic E-state index is 13.8. The van der Waals surface area contributed by atoms with Crippen LogP contribution in [-0.4, -0.2) is 40.3 Å². The van der Waals surface area contributed by atoms with Gasteiger partial charge in [0, 0.05) is 43.3 Å². The molecule has 0 radical (unpaired) electrons. The molecule has 0 bridgehead atoms. The lowest BCUT2D eigenvalue weighted by Gasteiger charge is -2.22. The summed E-state index contributed by atoms with van der Waals surface area (Å²) in [6.07, 6.45) is 6.21. The third kappa shape index (κ3) is 3.68. The first-order chi connectivity index (χ1) is 18.1. The lowest BCUT2D eigenvalue weighted by molar-refractivity contribution is -0.119. The van der Waals surface area contributed by atoms with Gasteiger partial charge in [0.1, 0.15) is 45.2 Å². The molecule has 5 heterocycles. The maximum Gasteiger partial charge on any atom is 0.242 e. The Balaban J connectivity index is 1.46. The highest BCUT2D eigenvalue weighted by Gasteiger charge is 2.49. The second kappa shape index (κ2) is 8.42. The molecule has 4 aromatic heterocycles. The van der Waals surface area contributed by atoms with Crippen molar-refractivity contribution in [3.63, 3.8) is 0 Å². The van der Waals surface area contributed by atoms with Gasteiger partial charge in [-0.2, -0.15) is 0 Å². The van der Waals surface area contributed by atoms with E-state index in [1.165, 1.54) is 24.4 Å². The average molecular weight is 535 g/mol. The number of pyridine rings is 1. The fraction of sp³-hybridized carbons (Fsp3) is 0.120. The number of nitrogens with one attached hydrogen (secondary N) is 1. The van der Waals surface area contributed by atoms with Gasteiger partial charge in [-0.15, -0.1) is 0 Å². The smallest absolute Gasteiger partial charge is 0.242 e. The van der Waals surface area contributed by atoms with E-state index < -0.39 is 23.0 Å². The van der Waals surface area contributed by atoms with E-state index in [2.05, 4.69) is 30.2 Å². The zero-order valence-electron chi connectivity index (χ0n) is 19.6. The van der Waals surface area contributed by atoms with Crippen LogP contribution in [0.5, 0.6) is 5.75 Å². The molecule has 1 amide bonds. The number of carbonyl (C=O) groups excluding carboxylic acids is 1. The van der Waals surface area contributed by atoms with Gasteiger partial charge in [0.15, 0.2) is 11.5 Å². The Labute approximate surface area is 218 Å². The van der Waals surface area contributed by atoms with Crippen LogP contribution in [0, 0.1) is 11.6 Å². The second-order valence-electron chi connectivity index (χ2n) is 8.94. The number of halogens is 3. The van der Waals surface area contributed by atoms with Crippen LogP contribution in [0.4, 0.5) is 20.4 Å². The molecule has 1 aromatic carbocycles. The maximum absolute atomic E-state index is 13.8. The van der Waals surface area contributed by atoms with Gasteiger partial charge in [-0.25, -0.2) is 28.7 Å². The summed E-state index contributed by atoms with van der Waals surface area (Å²) in [5, 5.41) is 12.8. The minimum atomic E-state index is -1.39. The molecule has 1 aliphatic heterocycles. The summed E-state index contributed by atoms with van der Waals surface area (Å²) < 4.78 is 29.3. The first kappa shape index (κ1) is 23.7. The fourth-order valence-electron chi connectivity index (χ4n) is 4.60. The number of nitrogens with two attached hydrogens (primary N) is 1. The van der Waals surface area contributed by atoms with Gasteiger partial charge in [-0.3, -0.25) is 9.78 Å². The molecule has 1 atom stereocenters. The molecule has 0 fully saturated rings. The number of nitrogen functional groups attached to an aromatic ring is 1. The van der Waals surface area contributed by atoms with E-state index in [1.54, 1.807) is 29.9 Å². The number of imidazole rings is 1. The zero-order valence-corrected chi connectivity index (χ0v) is 20.3. The van der Waals surface area contributed by atoms with Crippen LogP contribution in [0.25, 0.3) is 17.2 Å². The molecular formula is C25H17ClF2N8O2. The molecule has 0 aliphatic carbocycles. The third-order valence-corrected chi connectivity index (χ3v) is 6.73. The fourth-order valence-corrected chi connectivity index (χ4v) is 4.70. The molecule has 0 spiro atoms. The number of nitrogens with zero attached hydrogens (tertiary/aromatic N) is 6. The van der Waals surface area contributed by atoms with E-state index in [0.717, 1.165) is 6.07 Å². The largest absolute Gasteiger partial charge is 0.506 e. The number of aromatic nitrogens is 6. The summed E-state index contributed by atoms with van der Waals surface area (Å²) in [7, 11) is 0. The van der Waals surface area contributed by atoms with Crippen molar-refractivity contribution in [1.82, 2.24) is 29.3 Å². The summed E-state index contributed by atoms with van der Waals surface area (Å²) in [6.45, 7) is 1.59. The molecule has 0 saturated carbocycles. The molecule has 38 heavy (non-hydrogen) atoms. The minimum absolute atomic E-state index is 0.00312. The van der Waals surface area contributed by atoms with Gasteiger partial charge >= 0.3 is 0 Å². The SMILES string of the molecule is CC1(c2cc(O)c(Cl)cn2)C(=O)Nc2nc(-c3cn4ccnc4c(Cc4cc(F)cc(F)c4)n3)nc(N)c21. The van der Waals surface area contributed by atoms with Crippen molar-refractivity contribution in [1.29, 1.82) is 0 Å². The highest BCUT2D eigenvalue weighted by molar-refractivity contribution is 6.31. The molecule has 6 rings (SSSR count). The van der Waals surface area contributed by atoms with E-state index in [0.29, 0.717) is 28.2 Å². The highest BCUT2D eigenvalue weighted by atomic mass is 35.5. The molecule has 1 aliphatic rings. The van der Waals surface area contributed by atoms with Crippen molar-refractivity contribution in [2.75, 3.05) is 11.1 Å². The number of benzene rings is 1. The van der Waals surface area contributed by atoms with Crippen LogP contribution in [0.2, 0.25) is 5.02 Å². The van der Waals surface area contributed by atoms with Crippen LogP contribution in [-0.2, 0) is 16.6 Å². The Morgan fingerprint density at radius 3 is 2.63 bits per heavy atom. The van der Waals surface area contributed by atoms with E-state index in [9.17, 15) is 18.7 Å². The molecule has 10 nitrogen and oxygen atoms in total. The Hall–Kier alpha value is -4.71. The number of rotatable bonds is 4. The Kier molecular flexibility index (Phi) is 5.24. The predicted molar refractivity (Wildman–Crippen MR) is 134 cm³/mol. The van der Waals surface area contributed by atoms with Crippen LogP contribution in [0.15, 0.2) is 49.1 Å². The predicted octanol–water partition coefficient (Wildman–Crippen LogP) is 3.65. The zero-order chi connectivity index (χ0) is 26.8. The number of hydrogen-bond acceptors (Lipinski definition) is 8. The number of fused-ring (bicyclic) bond motifs is 2. The van der Waals surface area contributed by atoms with Crippen molar-refractivity contribution in [2.24, 2.45) is 0 Å². The van der Waals surface area contributed by atoms with Crippen LogP contribution < -0.4 is 11.1 Å². The number of carbonyl (C=O) groups is 1. The first-order valence-electron chi connectivity index (χ1n) is 11.3. The first-order valence-corrected chi connectivity index (χ1v) is 11.6. The third-order valence-electron chi connectivity index (χ3n) is 6.44. The highest BCUT2D eigenvalue weighted by Crippen LogP contribution is 2.45. The number of aromatic hydroxyl groups is 1. The minimum Gasteiger partial charge on any atom is -0.506 e. The van der Waals surface area contributed by atoms with E-state index >= 15 is 0 Å².